The summed E-state index contributed by atoms with van der Waals surface area (Å²) in [5.74, 6) is 1.52. The summed E-state index contributed by atoms with van der Waals surface area (Å²) in [6.07, 6.45) is 2.02. The van der Waals surface area contributed by atoms with Gasteiger partial charge in [0.05, 0.1) is 12.1 Å². The van der Waals surface area contributed by atoms with Gasteiger partial charge in [0, 0.05) is 23.8 Å². The SMILES string of the molecule is CCCOc1ccc2nc(CC(C)C)cc(NC)c2c1. The predicted molar refractivity (Wildman–Crippen MR) is 85.6 cm³/mol. The Labute approximate surface area is 121 Å². The zero-order valence-corrected chi connectivity index (χ0v) is 12.9. The summed E-state index contributed by atoms with van der Waals surface area (Å²) in [6.45, 7) is 7.29. The second kappa shape index (κ2) is 6.60. The average molecular weight is 272 g/mol. The van der Waals surface area contributed by atoms with Gasteiger partial charge in [0.1, 0.15) is 5.75 Å². The first-order valence-electron chi connectivity index (χ1n) is 7.38. The van der Waals surface area contributed by atoms with Crippen molar-refractivity contribution in [3.63, 3.8) is 0 Å². The van der Waals surface area contributed by atoms with Crippen molar-refractivity contribution in [2.45, 2.75) is 33.6 Å². The van der Waals surface area contributed by atoms with Crippen molar-refractivity contribution in [3.05, 3.63) is 30.0 Å². The van der Waals surface area contributed by atoms with Crippen LogP contribution in [-0.2, 0) is 6.42 Å². The van der Waals surface area contributed by atoms with Crippen LogP contribution in [0.4, 0.5) is 5.69 Å². The molecule has 0 aliphatic carbocycles. The van der Waals surface area contributed by atoms with E-state index in [0.29, 0.717) is 5.92 Å². The molecule has 1 aromatic carbocycles. The Morgan fingerprint density at radius 1 is 1.25 bits per heavy atom. The highest BCUT2D eigenvalue weighted by Crippen LogP contribution is 2.28. The summed E-state index contributed by atoms with van der Waals surface area (Å²) in [7, 11) is 1.95. The fraction of sp³-hybridized carbons (Fsp3) is 0.471. The molecule has 108 valence electrons. The number of pyridine rings is 1. The summed E-state index contributed by atoms with van der Waals surface area (Å²) in [5.41, 5.74) is 3.28. The van der Waals surface area contributed by atoms with Crippen molar-refractivity contribution in [2.75, 3.05) is 19.0 Å². The fourth-order valence-corrected chi connectivity index (χ4v) is 2.30. The van der Waals surface area contributed by atoms with Crippen LogP contribution in [0.5, 0.6) is 5.75 Å². The van der Waals surface area contributed by atoms with Gasteiger partial charge in [-0.3, -0.25) is 4.98 Å². The number of rotatable bonds is 6. The molecule has 2 rings (SSSR count). The molecular formula is C17H24N2O. The lowest BCUT2D eigenvalue weighted by molar-refractivity contribution is 0.318. The Morgan fingerprint density at radius 2 is 2.05 bits per heavy atom. The summed E-state index contributed by atoms with van der Waals surface area (Å²) in [5, 5.41) is 4.39. The number of hydrogen-bond donors (Lipinski definition) is 1. The highest BCUT2D eigenvalue weighted by Gasteiger charge is 2.08. The second-order valence-corrected chi connectivity index (χ2v) is 5.54. The number of nitrogens with zero attached hydrogens (tertiary/aromatic N) is 1. The van der Waals surface area contributed by atoms with E-state index < -0.39 is 0 Å². The van der Waals surface area contributed by atoms with E-state index in [-0.39, 0.29) is 0 Å². The molecule has 20 heavy (non-hydrogen) atoms. The summed E-state index contributed by atoms with van der Waals surface area (Å²) in [6, 6.07) is 8.27. The van der Waals surface area contributed by atoms with E-state index in [1.165, 1.54) is 0 Å². The Morgan fingerprint density at radius 3 is 2.70 bits per heavy atom. The Balaban J connectivity index is 2.41. The normalized spacial score (nSPS) is 11.1. The van der Waals surface area contributed by atoms with Gasteiger partial charge < -0.3 is 10.1 Å². The lowest BCUT2D eigenvalue weighted by Crippen LogP contribution is -2.01. The summed E-state index contributed by atoms with van der Waals surface area (Å²) >= 11 is 0. The molecule has 1 aromatic heterocycles. The Hall–Kier alpha value is -1.77. The molecule has 3 nitrogen and oxygen atoms in total. The molecule has 0 amide bonds. The molecule has 1 N–H and O–H groups in total. The smallest absolute Gasteiger partial charge is 0.120 e. The van der Waals surface area contributed by atoms with Gasteiger partial charge in [0.25, 0.3) is 0 Å². The molecule has 0 saturated carbocycles. The molecule has 0 saturated heterocycles. The van der Waals surface area contributed by atoms with E-state index in [9.17, 15) is 0 Å². The van der Waals surface area contributed by atoms with Crippen LogP contribution in [0.15, 0.2) is 24.3 Å². The third-order valence-corrected chi connectivity index (χ3v) is 3.19. The maximum atomic E-state index is 5.70. The topological polar surface area (TPSA) is 34.1 Å². The van der Waals surface area contributed by atoms with Crippen LogP contribution in [0, 0.1) is 5.92 Å². The van der Waals surface area contributed by atoms with E-state index >= 15 is 0 Å². The number of fused-ring (bicyclic) bond motifs is 1. The van der Waals surface area contributed by atoms with Gasteiger partial charge in [-0.05, 0) is 43.0 Å². The monoisotopic (exact) mass is 272 g/mol. The molecule has 0 bridgehead atoms. The summed E-state index contributed by atoms with van der Waals surface area (Å²) < 4.78 is 5.70. The third-order valence-electron chi connectivity index (χ3n) is 3.19. The highest BCUT2D eigenvalue weighted by molar-refractivity contribution is 5.92. The maximum Gasteiger partial charge on any atom is 0.120 e. The quantitative estimate of drug-likeness (QED) is 0.853. The van der Waals surface area contributed by atoms with E-state index in [0.717, 1.165) is 47.5 Å². The van der Waals surface area contributed by atoms with E-state index in [1.54, 1.807) is 0 Å². The number of benzene rings is 1. The minimum Gasteiger partial charge on any atom is -0.494 e. The fourth-order valence-electron chi connectivity index (χ4n) is 2.30. The number of ether oxygens (including phenoxy) is 1. The van der Waals surface area contributed by atoms with Crippen molar-refractivity contribution in [1.29, 1.82) is 0 Å². The van der Waals surface area contributed by atoms with Crippen LogP contribution in [0.3, 0.4) is 0 Å². The van der Waals surface area contributed by atoms with Crippen molar-refractivity contribution in [1.82, 2.24) is 4.98 Å². The minimum absolute atomic E-state index is 0.608. The van der Waals surface area contributed by atoms with E-state index in [4.69, 9.17) is 9.72 Å². The van der Waals surface area contributed by atoms with Gasteiger partial charge in [0.2, 0.25) is 0 Å². The molecule has 1 heterocycles. The molecule has 2 aromatic rings. The van der Waals surface area contributed by atoms with E-state index in [1.807, 2.05) is 19.2 Å². The zero-order chi connectivity index (χ0) is 14.5. The second-order valence-electron chi connectivity index (χ2n) is 5.54. The molecule has 0 aliphatic rings. The van der Waals surface area contributed by atoms with Crippen molar-refractivity contribution in [2.24, 2.45) is 5.92 Å². The van der Waals surface area contributed by atoms with Crippen molar-refractivity contribution >= 4 is 16.6 Å². The maximum absolute atomic E-state index is 5.70. The molecular weight excluding hydrogens is 248 g/mol. The molecule has 0 fully saturated rings. The van der Waals surface area contributed by atoms with Crippen LogP contribution in [0.25, 0.3) is 10.9 Å². The lowest BCUT2D eigenvalue weighted by Gasteiger charge is -2.12. The number of hydrogen-bond acceptors (Lipinski definition) is 3. The van der Waals surface area contributed by atoms with E-state index in [2.05, 4.69) is 38.2 Å². The first-order chi connectivity index (χ1) is 9.63. The molecule has 0 atom stereocenters. The predicted octanol–water partition coefficient (Wildman–Crippen LogP) is 4.26. The zero-order valence-electron chi connectivity index (χ0n) is 12.9. The van der Waals surface area contributed by atoms with Gasteiger partial charge in [-0.25, -0.2) is 0 Å². The largest absolute Gasteiger partial charge is 0.494 e. The number of anilines is 1. The standard InChI is InChI=1S/C17H24N2O/c1-5-8-20-14-6-7-16-15(11-14)17(18-4)10-13(19-16)9-12(2)3/h6-7,10-12H,5,8-9H2,1-4H3,(H,18,19). The Bertz CT molecular complexity index is 578. The van der Waals surface area contributed by atoms with Gasteiger partial charge >= 0.3 is 0 Å². The first kappa shape index (κ1) is 14.6. The van der Waals surface area contributed by atoms with Crippen LogP contribution in [-0.4, -0.2) is 18.6 Å². The van der Waals surface area contributed by atoms with Crippen LogP contribution in [0.1, 0.15) is 32.9 Å². The number of aromatic nitrogens is 1. The minimum atomic E-state index is 0.608. The molecule has 0 radical (unpaired) electrons. The molecule has 0 unspecified atom stereocenters. The molecule has 3 heteroatoms. The van der Waals surface area contributed by atoms with Crippen LogP contribution in [0.2, 0.25) is 0 Å². The Kier molecular flexibility index (Phi) is 4.83. The number of nitrogens with one attached hydrogen (secondary N) is 1. The van der Waals surface area contributed by atoms with Gasteiger partial charge in [-0.1, -0.05) is 20.8 Å². The molecule has 0 aliphatic heterocycles. The first-order valence-corrected chi connectivity index (χ1v) is 7.38. The van der Waals surface area contributed by atoms with Crippen molar-refractivity contribution < 1.29 is 4.74 Å². The lowest BCUT2D eigenvalue weighted by atomic mass is 10.1. The highest BCUT2D eigenvalue weighted by atomic mass is 16.5. The average Bonchev–Trinajstić information content (AvgIpc) is 2.43. The molecule has 0 spiro atoms. The summed E-state index contributed by atoms with van der Waals surface area (Å²) in [4.78, 5) is 4.75. The van der Waals surface area contributed by atoms with Gasteiger partial charge in [0.15, 0.2) is 0 Å². The van der Waals surface area contributed by atoms with Gasteiger partial charge in [-0.2, -0.15) is 0 Å². The van der Waals surface area contributed by atoms with Crippen LogP contribution < -0.4 is 10.1 Å². The third kappa shape index (κ3) is 3.41. The van der Waals surface area contributed by atoms with Gasteiger partial charge in [-0.15, -0.1) is 0 Å². The van der Waals surface area contributed by atoms with Crippen molar-refractivity contribution in [3.8, 4) is 5.75 Å². The van der Waals surface area contributed by atoms with Crippen LogP contribution >= 0.6 is 0 Å².